The largest absolute Gasteiger partial charge is 0.490 e. The number of hydrogen-bond acceptors (Lipinski definition) is 4. The number of anilines is 1. The molecule has 1 atom stereocenters. The Morgan fingerprint density at radius 1 is 1.65 bits per heavy atom. The Hall–Kier alpha value is -1.36. The molecule has 0 amide bonds. The quantitative estimate of drug-likeness (QED) is 0.769. The van der Waals surface area contributed by atoms with Gasteiger partial charge in [-0.1, -0.05) is 0 Å². The molecule has 2 N–H and O–H groups in total. The number of pyridine rings is 1. The van der Waals surface area contributed by atoms with Gasteiger partial charge in [0.2, 0.25) is 5.95 Å². The molecule has 0 spiro atoms. The van der Waals surface area contributed by atoms with Gasteiger partial charge >= 0.3 is 0 Å². The normalized spacial score (nSPS) is 19.3. The number of halogens is 1. The molecule has 1 aromatic rings. The Balaban J connectivity index is 1.93. The fraction of sp³-hybridized carbons (Fsp3) is 0.583. The Morgan fingerprint density at radius 2 is 2.53 bits per heavy atom. The fourth-order valence-corrected chi connectivity index (χ4v) is 1.92. The first-order valence-electron chi connectivity index (χ1n) is 6.05. The lowest BCUT2D eigenvalue weighted by Crippen LogP contribution is -2.28. The zero-order valence-corrected chi connectivity index (χ0v) is 10.0. The number of ether oxygens (including phenoxy) is 1. The van der Waals surface area contributed by atoms with Crippen molar-refractivity contribution in [2.75, 3.05) is 25.0 Å². The standard InChI is InChI=1S/C12H18FN3O/c1-2-14-11-6-10(7-16-12(11)13)17-8-9-4-3-5-15-9/h6-7,9,14-15H,2-5,8H2,1H3/t9-/m0/s1. The molecule has 1 aliphatic rings. The van der Waals surface area contributed by atoms with Crippen LogP contribution in [0.25, 0.3) is 0 Å². The van der Waals surface area contributed by atoms with Crippen LogP contribution in [0.15, 0.2) is 12.3 Å². The summed E-state index contributed by atoms with van der Waals surface area (Å²) >= 11 is 0. The van der Waals surface area contributed by atoms with Crippen molar-refractivity contribution < 1.29 is 9.13 Å². The Labute approximate surface area is 101 Å². The lowest BCUT2D eigenvalue weighted by molar-refractivity contribution is 0.276. The van der Waals surface area contributed by atoms with E-state index in [0.29, 0.717) is 30.6 Å². The number of nitrogens with one attached hydrogen (secondary N) is 2. The highest BCUT2D eigenvalue weighted by Crippen LogP contribution is 2.19. The third-order valence-electron chi connectivity index (χ3n) is 2.79. The molecule has 0 radical (unpaired) electrons. The highest BCUT2D eigenvalue weighted by Gasteiger charge is 2.14. The molecular weight excluding hydrogens is 221 g/mol. The minimum absolute atomic E-state index is 0.393. The molecular formula is C12H18FN3O. The molecule has 0 saturated carbocycles. The summed E-state index contributed by atoms with van der Waals surface area (Å²) in [5.41, 5.74) is 0.393. The topological polar surface area (TPSA) is 46.2 Å². The van der Waals surface area contributed by atoms with Crippen LogP contribution in [-0.2, 0) is 0 Å². The van der Waals surface area contributed by atoms with Crippen molar-refractivity contribution in [2.45, 2.75) is 25.8 Å². The molecule has 2 rings (SSSR count). The molecule has 4 nitrogen and oxygen atoms in total. The Morgan fingerprint density at radius 3 is 3.24 bits per heavy atom. The van der Waals surface area contributed by atoms with Gasteiger partial charge in [0.05, 0.1) is 11.9 Å². The minimum Gasteiger partial charge on any atom is -0.490 e. The number of rotatable bonds is 5. The van der Waals surface area contributed by atoms with E-state index < -0.39 is 5.95 Å². The second-order valence-electron chi connectivity index (χ2n) is 4.14. The van der Waals surface area contributed by atoms with Crippen molar-refractivity contribution in [3.05, 3.63) is 18.2 Å². The van der Waals surface area contributed by atoms with Gasteiger partial charge in [0.1, 0.15) is 12.4 Å². The zero-order chi connectivity index (χ0) is 12.1. The molecule has 0 unspecified atom stereocenters. The fourth-order valence-electron chi connectivity index (χ4n) is 1.92. The minimum atomic E-state index is -0.488. The molecule has 2 heterocycles. The lowest BCUT2D eigenvalue weighted by atomic mass is 10.2. The summed E-state index contributed by atoms with van der Waals surface area (Å²) in [4.78, 5) is 3.67. The molecule has 1 aromatic heterocycles. The van der Waals surface area contributed by atoms with E-state index in [1.165, 1.54) is 12.6 Å². The van der Waals surface area contributed by atoms with E-state index in [2.05, 4.69) is 15.6 Å². The lowest BCUT2D eigenvalue weighted by Gasteiger charge is -2.13. The zero-order valence-electron chi connectivity index (χ0n) is 10.0. The van der Waals surface area contributed by atoms with Crippen LogP contribution in [0.5, 0.6) is 5.75 Å². The molecule has 0 aromatic carbocycles. The maximum atomic E-state index is 13.3. The number of nitrogens with zero attached hydrogens (tertiary/aromatic N) is 1. The molecule has 17 heavy (non-hydrogen) atoms. The summed E-state index contributed by atoms with van der Waals surface area (Å²) in [7, 11) is 0. The van der Waals surface area contributed by atoms with E-state index in [0.717, 1.165) is 13.0 Å². The number of aromatic nitrogens is 1. The molecule has 1 aliphatic heterocycles. The van der Waals surface area contributed by atoms with E-state index in [1.54, 1.807) is 6.07 Å². The first kappa shape index (κ1) is 12.1. The van der Waals surface area contributed by atoms with Gasteiger partial charge in [-0.05, 0) is 26.3 Å². The smallest absolute Gasteiger partial charge is 0.236 e. The van der Waals surface area contributed by atoms with Crippen LogP contribution in [0, 0.1) is 5.95 Å². The van der Waals surface area contributed by atoms with Gasteiger partial charge < -0.3 is 15.4 Å². The van der Waals surface area contributed by atoms with Gasteiger partial charge in [0.25, 0.3) is 0 Å². The highest BCUT2D eigenvalue weighted by atomic mass is 19.1. The average molecular weight is 239 g/mol. The van der Waals surface area contributed by atoms with E-state index in [9.17, 15) is 4.39 Å². The SMILES string of the molecule is CCNc1cc(OC[C@@H]2CCCN2)cnc1F. The Kier molecular flexibility index (Phi) is 4.14. The maximum absolute atomic E-state index is 13.3. The van der Waals surface area contributed by atoms with Crippen LogP contribution in [0.2, 0.25) is 0 Å². The van der Waals surface area contributed by atoms with E-state index in [-0.39, 0.29) is 0 Å². The molecule has 5 heteroatoms. The highest BCUT2D eigenvalue weighted by molar-refractivity contribution is 5.46. The van der Waals surface area contributed by atoms with Crippen LogP contribution >= 0.6 is 0 Å². The van der Waals surface area contributed by atoms with Gasteiger partial charge in [-0.3, -0.25) is 0 Å². The van der Waals surface area contributed by atoms with Gasteiger partial charge in [0, 0.05) is 18.7 Å². The predicted molar refractivity (Wildman–Crippen MR) is 64.9 cm³/mol. The summed E-state index contributed by atoms with van der Waals surface area (Å²) in [6.07, 6.45) is 3.75. The molecule has 0 bridgehead atoms. The van der Waals surface area contributed by atoms with Crippen molar-refractivity contribution in [1.29, 1.82) is 0 Å². The first-order chi connectivity index (χ1) is 8.29. The number of hydrogen-bond donors (Lipinski definition) is 2. The summed E-state index contributed by atoms with van der Waals surface area (Å²) < 4.78 is 18.9. The summed E-state index contributed by atoms with van der Waals surface area (Å²) in [5.74, 6) is 0.120. The molecule has 1 saturated heterocycles. The van der Waals surface area contributed by atoms with Crippen LogP contribution in [0.4, 0.5) is 10.1 Å². The van der Waals surface area contributed by atoms with Crippen LogP contribution in [0.1, 0.15) is 19.8 Å². The van der Waals surface area contributed by atoms with E-state index in [1.807, 2.05) is 6.92 Å². The van der Waals surface area contributed by atoms with Gasteiger partial charge in [-0.15, -0.1) is 0 Å². The van der Waals surface area contributed by atoms with Crippen molar-refractivity contribution in [2.24, 2.45) is 0 Å². The summed E-state index contributed by atoms with van der Waals surface area (Å²) in [6.45, 7) is 4.23. The van der Waals surface area contributed by atoms with Crippen molar-refractivity contribution >= 4 is 5.69 Å². The predicted octanol–water partition coefficient (Wildman–Crippen LogP) is 1.78. The third-order valence-corrected chi connectivity index (χ3v) is 2.79. The van der Waals surface area contributed by atoms with Crippen LogP contribution in [0.3, 0.4) is 0 Å². The van der Waals surface area contributed by atoms with E-state index in [4.69, 9.17) is 4.74 Å². The second-order valence-corrected chi connectivity index (χ2v) is 4.14. The van der Waals surface area contributed by atoms with Crippen LogP contribution < -0.4 is 15.4 Å². The molecule has 1 fully saturated rings. The summed E-state index contributed by atoms with van der Waals surface area (Å²) in [5, 5.41) is 6.25. The first-order valence-corrected chi connectivity index (χ1v) is 6.05. The molecule has 94 valence electrons. The average Bonchev–Trinajstić information content (AvgIpc) is 2.83. The third kappa shape index (κ3) is 3.30. The van der Waals surface area contributed by atoms with Crippen molar-refractivity contribution in [3.8, 4) is 5.75 Å². The van der Waals surface area contributed by atoms with Gasteiger partial charge in [-0.25, -0.2) is 4.98 Å². The Bertz CT molecular complexity index is 367. The van der Waals surface area contributed by atoms with Crippen molar-refractivity contribution in [3.63, 3.8) is 0 Å². The monoisotopic (exact) mass is 239 g/mol. The maximum Gasteiger partial charge on any atom is 0.236 e. The van der Waals surface area contributed by atoms with Gasteiger partial charge in [-0.2, -0.15) is 4.39 Å². The van der Waals surface area contributed by atoms with E-state index >= 15 is 0 Å². The van der Waals surface area contributed by atoms with Crippen LogP contribution in [-0.4, -0.2) is 30.7 Å². The summed E-state index contributed by atoms with van der Waals surface area (Å²) in [6, 6.07) is 2.06. The second kappa shape index (κ2) is 5.82. The van der Waals surface area contributed by atoms with Gasteiger partial charge in [0.15, 0.2) is 0 Å². The molecule has 0 aliphatic carbocycles. The van der Waals surface area contributed by atoms with Crippen molar-refractivity contribution in [1.82, 2.24) is 10.3 Å².